The van der Waals surface area contributed by atoms with Crippen LogP contribution in [0.2, 0.25) is 0 Å². The van der Waals surface area contributed by atoms with Crippen LogP contribution in [0.5, 0.6) is 0 Å². The number of aromatic nitrogens is 1. The van der Waals surface area contributed by atoms with Crippen LogP contribution in [-0.2, 0) is 29.0 Å². The second-order valence-corrected chi connectivity index (χ2v) is 7.85. The largest absolute Gasteiger partial charge is 0.362 e. The lowest BCUT2D eigenvalue weighted by atomic mass is 9.93. The van der Waals surface area contributed by atoms with E-state index in [0.717, 1.165) is 16.8 Å². The quantitative estimate of drug-likeness (QED) is 0.638. The molecule has 0 saturated carbocycles. The SMILES string of the molecule is O=C(NCc1ccccc1)[C@]1(Cc2ccccn2)CN(Cc2ccc(F)cc2)CCO1. The molecule has 1 N–H and O–H groups in total. The van der Waals surface area contributed by atoms with Gasteiger partial charge in [-0.1, -0.05) is 48.5 Å². The molecule has 6 heteroatoms. The van der Waals surface area contributed by atoms with Gasteiger partial charge in [0.2, 0.25) is 0 Å². The number of nitrogens with zero attached hydrogens (tertiary/aromatic N) is 2. The van der Waals surface area contributed by atoms with Crippen LogP contribution < -0.4 is 5.32 Å². The summed E-state index contributed by atoms with van der Waals surface area (Å²) in [6.07, 6.45) is 2.11. The zero-order valence-electron chi connectivity index (χ0n) is 17.3. The number of pyridine rings is 1. The van der Waals surface area contributed by atoms with E-state index in [0.29, 0.717) is 39.2 Å². The van der Waals surface area contributed by atoms with Crippen molar-refractivity contribution in [3.8, 4) is 0 Å². The van der Waals surface area contributed by atoms with E-state index in [9.17, 15) is 9.18 Å². The highest BCUT2D eigenvalue weighted by Gasteiger charge is 2.44. The molecule has 1 amide bonds. The number of rotatable bonds is 7. The molecule has 0 bridgehead atoms. The summed E-state index contributed by atoms with van der Waals surface area (Å²) in [7, 11) is 0. The summed E-state index contributed by atoms with van der Waals surface area (Å²) in [5, 5.41) is 3.05. The van der Waals surface area contributed by atoms with Gasteiger partial charge in [-0.05, 0) is 35.4 Å². The van der Waals surface area contributed by atoms with Crippen LogP contribution in [0.4, 0.5) is 4.39 Å². The number of hydrogen-bond donors (Lipinski definition) is 1. The minimum absolute atomic E-state index is 0.147. The standard InChI is InChI=1S/C25H26FN3O2/c26-22-11-9-21(10-12-22)18-29-14-15-31-25(19-29,16-23-8-4-5-13-27-23)24(30)28-17-20-6-2-1-3-7-20/h1-13H,14-19H2,(H,28,30)/t25-/m0/s1. The van der Waals surface area contributed by atoms with Crippen molar-refractivity contribution >= 4 is 5.91 Å². The fourth-order valence-electron chi connectivity index (χ4n) is 3.90. The molecule has 0 aliphatic carbocycles. The molecule has 1 aliphatic heterocycles. The summed E-state index contributed by atoms with van der Waals surface area (Å²) in [6, 6.07) is 22.0. The first-order chi connectivity index (χ1) is 15.1. The summed E-state index contributed by atoms with van der Waals surface area (Å²) in [4.78, 5) is 20.0. The molecule has 1 atom stereocenters. The first-order valence-electron chi connectivity index (χ1n) is 10.5. The van der Waals surface area contributed by atoms with Gasteiger partial charge < -0.3 is 10.1 Å². The van der Waals surface area contributed by atoms with Gasteiger partial charge in [-0.3, -0.25) is 14.7 Å². The topological polar surface area (TPSA) is 54.5 Å². The minimum Gasteiger partial charge on any atom is -0.362 e. The Hall–Kier alpha value is -3.09. The number of carbonyl (C=O) groups excluding carboxylic acids is 1. The van der Waals surface area contributed by atoms with Gasteiger partial charge in [-0.25, -0.2) is 4.39 Å². The Morgan fingerprint density at radius 1 is 1.03 bits per heavy atom. The molecule has 160 valence electrons. The first kappa shape index (κ1) is 21.2. The zero-order valence-corrected chi connectivity index (χ0v) is 17.3. The van der Waals surface area contributed by atoms with Crippen molar-refractivity contribution in [1.82, 2.24) is 15.2 Å². The lowest BCUT2D eigenvalue weighted by molar-refractivity contribution is -0.161. The average Bonchev–Trinajstić information content (AvgIpc) is 2.80. The molecule has 3 aromatic rings. The van der Waals surface area contributed by atoms with Crippen LogP contribution in [0.25, 0.3) is 0 Å². The summed E-state index contributed by atoms with van der Waals surface area (Å²) >= 11 is 0. The molecule has 4 rings (SSSR count). The number of nitrogens with one attached hydrogen (secondary N) is 1. The highest BCUT2D eigenvalue weighted by Crippen LogP contribution is 2.25. The van der Waals surface area contributed by atoms with E-state index in [1.54, 1.807) is 18.3 Å². The zero-order chi connectivity index (χ0) is 21.5. The monoisotopic (exact) mass is 419 g/mol. The fraction of sp³-hybridized carbons (Fsp3) is 0.280. The molecule has 0 spiro atoms. The Kier molecular flexibility index (Phi) is 6.70. The molecule has 31 heavy (non-hydrogen) atoms. The van der Waals surface area contributed by atoms with Gasteiger partial charge in [0, 0.05) is 44.5 Å². The predicted octanol–water partition coefficient (Wildman–Crippen LogP) is 3.35. The summed E-state index contributed by atoms with van der Waals surface area (Å²) in [5.41, 5.74) is 1.80. The lowest BCUT2D eigenvalue weighted by Crippen LogP contribution is -2.60. The number of amides is 1. The predicted molar refractivity (Wildman–Crippen MR) is 117 cm³/mol. The highest BCUT2D eigenvalue weighted by molar-refractivity contribution is 5.86. The molecule has 1 fully saturated rings. The van der Waals surface area contributed by atoms with E-state index in [2.05, 4.69) is 15.2 Å². The Morgan fingerprint density at radius 3 is 2.55 bits per heavy atom. The number of hydrogen-bond acceptors (Lipinski definition) is 4. The maximum Gasteiger partial charge on any atom is 0.254 e. The summed E-state index contributed by atoms with van der Waals surface area (Å²) < 4.78 is 19.4. The van der Waals surface area contributed by atoms with Gasteiger partial charge >= 0.3 is 0 Å². The molecule has 1 aliphatic rings. The third-order valence-corrected chi connectivity index (χ3v) is 5.49. The maximum absolute atomic E-state index is 13.4. The Labute approximate surface area is 181 Å². The van der Waals surface area contributed by atoms with Gasteiger partial charge in [0.1, 0.15) is 5.82 Å². The van der Waals surface area contributed by atoms with E-state index in [1.807, 2.05) is 48.5 Å². The number of morpholine rings is 1. The first-order valence-corrected chi connectivity index (χ1v) is 10.5. The van der Waals surface area contributed by atoms with Gasteiger partial charge in [0.05, 0.1) is 6.61 Å². The number of halogens is 1. The van der Waals surface area contributed by atoms with Gasteiger partial charge in [-0.2, -0.15) is 0 Å². The summed E-state index contributed by atoms with van der Waals surface area (Å²) in [5.74, 6) is -0.402. The molecule has 1 aromatic heterocycles. The molecule has 2 aromatic carbocycles. The lowest BCUT2D eigenvalue weighted by Gasteiger charge is -2.41. The van der Waals surface area contributed by atoms with Crippen molar-refractivity contribution in [2.24, 2.45) is 0 Å². The van der Waals surface area contributed by atoms with Crippen molar-refractivity contribution in [3.05, 3.63) is 102 Å². The van der Waals surface area contributed by atoms with Crippen LogP contribution in [0.1, 0.15) is 16.8 Å². The van der Waals surface area contributed by atoms with Crippen LogP contribution in [-0.4, -0.2) is 41.1 Å². The number of benzene rings is 2. The molecule has 1 saturated heterocycles. The minimum atomic E-state index is -1.04. The van der Waals surface area contributed by atoms with Crippen molar-refractivity contribution in [2.75, 3.05) is 19.7 Å². The Balaban J connectivity index is 1.52. The molecule has 0 radical (unpaired) electrons. The second-order valence-electron chi connectivity index (χ2n) is 7.85. The van der Waals surface area contributed by atoms with Crippen LogP contribution in [0.3, 0.4) is 0 Å². The third kappa shape index (κ3) is 5.54. The van der Waals surface area contributed by atoms with E-state index in [4.69, 9.17) is 4.74 Å². The smallest absolute Gasteiger partial charge is 0.254 e. The van der Waals surface area contributed by atoms with Gasteiger partial charge in [0.15, 0.2) is 5.60 Å². The van der Waals surface area contributed by atoms with Gasteiger partial charge in [-0.15, -0.1) is 0 Å². The van der Waals surface area contributed by atoms with Crippen molar-refractivity contribution < 1.29 is 13.9 Å². The Morgan fingerprint density at radius 2 is 1.81 bits per heavy atom. The van der Waals surface area contributed by atoms with E-state index >= 15 is 0 Å². The molecular weight excluding hydrogens is 393 g/mol. The average molecular weight is 420 g/mol. The van der Waals surface area contributed by atoms with E-state index in [1.165, 1.54) is 12.1 Å². The normalized spacial score (nSPS) is 19.1. The maximum atomic E-state index is 13.4. The second kappa shape index (κ2) is 9.81. The molecular formula is C25H26FN3O2. The van der Waals surface area contributed by atoms with Crippen LogP contribution in [0, 0.1) is 5.82 Å². The number of ether oxygens (including phenoxy) is 1. The van der Waals surface area contributed by atoms with Crippen LogP contribution >= 0.6 is 0 Å². The summed E-state index contributed by atoms with van der Waals surface area (Å²) in [6.45, 7) is 2.63. The van der Waals surface area contributed by atoms with E-state index in [-0.39, 0.29) is 11.7 Å². The van der Waals surface area contributed by atoms with Crippen molar-refractivity contribution in [2.45, 2.75) is 25.1 Å². The molecule has 2 heterocycles. The van der Waals surface area contributed by atoms with Crippen molar-refractivity contribution in [1.29, 1.82) is 0 Å². The van der Waals surface area contributed by atoms with Crippen LogP contribution in [0.15, 0.2) is 79.0 Å². The number of carbonyl (C=O) groups is 1. The molecule has 5 nitrogen and oxygen atoms in total. The third-order valence-electron chi connectivity index (χ3n) is 5.49. The fourth-order valence-corrected chi connectivity index (χ4v) is 3.90. The molecule has 0 unspecified atom stereocenters. The highest BCUT2D eigenvalue weighted by atomic mass is 19.1. The van der Waals surface area contributed by atoms with E-state index < -0.39 is 5.60 Å². The van der Waals surface area contributed by atoms with Crippen molar-refractivity contribution in [3.63, 3.8) is 0 Å². The Bertz CT molecular complexity index is 983. The van der Waals surface area contributed by atoms with Gasteiger partial charge in [0.25, 0.3) is 5.91 Å².